The number of halogens is 3. The Morgan fingerprint density at radius 1 is 1.00 bits per heavy atom. The Labute approximate surface area is 172 Å². The minimum atomic E-state index is -4.23. The normalized spacial score (nSPS) is 12.7. The second-order valence-corrected chi connectivity index (χ2v) is 8.85. The molecule has 140 valence electrons. The first-order valence-corrected chi connectivity index (χ1v) is 10.5. The third kappa shape index (κ3) is 3.78. The van der Waals surface area contributed by atoms with Gasteiger partial charge in [0.15, 0.2) is 0 Å². The molecule has 27 heavy (non-hydrogen) atoms. The maximum Gasteiger partial charge on any atom is 0.266 e. The van der Waals surface area contributed by atoms with E-state index in [2.05, 4.69) is 0 Å². The fourth-order valence-electron chi connectivity index (χ4n) is 2.82. The first-order valence-electron chi connectivity index (χ1n) is 7.90. The molecule has 0 radical (unpaired) electrons. The zero-order chi connectivity index (χ0) is 19.8. The van der Waals surface area contributed by atoms with Crippen LogP contribution in [-0.2, 0) is 14.8 Å². The lowest BCUT2D eigenvalue weighted by molar-refractivity contribution is -0.112. The number of carbonyl (C=O) groups is 1. The highest BCUT2D eigenvalue weighted by molar-refractivity contribution is 7.93. The Kier molecular flexibility index (Phi) is 5.68. The molecule has 3 aromatic rings. The summed E-state index contributed by atoms with van der Waals surface area (Å²) >= 11 is 17.8. The van der Waals surface area contributed by atoms with Crippen LogP contribution in [0.15, 0.2) is 65.6 Å². The van der Waals surface area contributed by atoms with Crippen LogP contribution in [0, 0.1) is 0 Å². The molecular weight excluding hydrogens is 429 g/mol. The fraction of sp³-hybridized carbons (Fsp3) is 0.105. The number of fused-ring (bicyclic) bond motifs is 1. The highest BCUT2D eigenvalue weighted by atomic mass is 35.5. The molecule has 3 rings (SSSR count). The second kappa shape index (κ2) is 7.68. The van der Waals surface area contributed by atoms with Crippen LogP contribution >= 0.6 is 34.8 Å². The fourth-order valence-corrected chi connectivity index (χ4v) is 5.35. The van der Waals surface area contributed by atoms with Gasteiger partial charge in [-0.1, -0.05) is 59.6 Å². The van der Waals surface area contributed by atoms with Crippen molar-refractivity contribution in [2.24, 2.45) is 0 Å². The van der Waals surface area contributed by atoms with Gasteiger partial charge >= 0.3 is 0 Å². The minimum Gasteiger partial charge on any atom is -0.279 e. The summed E-state index contributed by atoms with van der Waals surface area (Å²) in [5, 5.41) is 0.873. The van der Waals surface area contributed by atoms with Crippen LogP contribution in [0.4, 0.5) is 5.69 Å². The van der Waals surface area contributed by atoms with Crippen LogP contribution in [-0.4, -0.2) is 19.7 Å². The standard InChI is InChI=1S/C19H14Cl3NO3S/c1-12(19(22)24)23(17-8-4-6-13-5-2-3-7-15(13)17)27(25,26)18-11-14(20)9-10-16(18)21/h2-12H,1H3. The topological polar surface area (TPSA) is 54.5 Å². The Bertz CT molecular complexity index is 1130. The van der Waals surface area contributed by atoms with Gasteiger partial charge in [-0.05, 0) is 48.2 Å². The number of sulfonamides is 1. The summed E-state index contributed by atoms with van der Waals surface area (Å²) in [4.78, 5) is 11.7. The van der Waals surface area contributed by atoms with Crippen molar-refractivity contribution in [1.82, 2.24) is 0 Å². The number of nitrogens with zero attached hydrogens (tertiary/aromatic N) is 1. The highest BCUT2D eigenvalue weighted by Crippen LogP contribution is 2.36. The smallest absolute Gasteiger partial charge is 0.266 e. The quantitative estimate of drug-likeness (QED) is 0.491. The van der Waals surface area contributed by atoms with E-state index in [0.29, 0.717) is 11.1 Å². The summed E-state index contributed by atoms with van der Waals surface area (Å²) in [7, 11) is -4.23. The number of carbonyl (C=O) groups excluding carboxylic acids is 1. The summed E-state index contributed by atoms with van der Waals surface area (Å²) in [6.07, 6.45) is 0. The summed E-state index contributed by atoms with van der Waals surface area (Å²) < 4.78 is 27.9. The third-order valence-corrected chi connectivity index (χ3v) is 7.03. The molecular formula is C19H14Cl3NO3S. The van der Waals surface area contributed by atoms with E-state index in [1.54, 1.807) is 24.3 Å². The van der Waals surface area contributed by atoms with Gasteiger partial charge in [-0.25, -0.2) is 8.42 Å². The second-order valence-electron chi connectivity index (χ2n) is 5.85. The van der Waals surface area contributed by atoms with Gasteiger partial charge in [0.1, 0.15) is 10.9 Å². The largest absolute Gasteiger partial charge is 0.279 e. The average Bonchev–Trinajstić information content (AvgIpc) is 2.63. The molecule has 0 aliphatic rings. The number of hydrogen-bond acceptors (Lipinski definition) is 3. The zero-order valence-corrected chi connectivity index (χ0v) is 17.1. The predicted octanol–water partition coefficient (Wildman–Crippen LogP) is 5.50. The molecule has 0 aliphatic heterocycles. The van der Waals surface area contributed by atoms with E-state index >= 15 is 0 Å². The summed E-state index contributed by atoms with van der Waals surface area (Å²) in [6.45, 7) is 1.42. The maximum absolute atomic E-state index is 13.5. The lowest BCUT2D eigenvalue weighted by Crippen LogP contribution is -2.42. The summed E-state index contributed by atoms with van der Waals surface area (Å²) in [5.74, 6) is 0. The van der Waals surface area contributed by atoms with Crippen molar-refractivity contribution in [3.8, 4) is 0 Å². The van der Waals surface area contributed by atoms with E-state index in [1.165, 1.54) is 25.1 Å². The van der Waals surface area contributed by atoms with Gasteiger partial charge in [-0.3, -0.25) is 9.10 Å². The molecule has 3 aromatic carbocycles. The predicted molar refractivity (Wildman–Crippen MR) is 110 cm³/mol. The number of hydrogen-bond donors (Lipinski definition) is 0. The van der Waals surface area contributed by atoms with E-state index in [0.717, 1.165) is 9.69 Å². The van der Waals surface area contributed by atoms with Crippen LogP contribution in [0.25, 0.3) is 10.8 Å². The monoisotopic (exact) mass is 441 g/mol. The van der Waals surface area contributed by atoms with Crippen LogP contribution in [0.1, 0.15) is 6.92 Å². The van der Waals surface area contributed by atoms with Gasteiger partial charge < -0.3 is 0 Å². The number of benzene rings is 3. The van der Waals surface area contributed by atoms with Crippen molar-refractivity contribution >= 4 is 66.5 Å². The third-order valence-electron chi connectivity index (χ3n) is 4.11. The van der Waals surface area contributed by atoms with E-state index < -0.39 is 21.3 Å². The van der Waals surface area contributed by atoms with Crippen molar-refractivity contribution in [1.29, 1.82) is 0 Å². The first-order chi connectivity index (χ1) is 12.7. The number of rotatable bonds is 5. The van der Waals surface area contributed by atoms with Crippen LogP contribution < -0.4 is 4.31 Å². The van der Waals surface area contributed by atoms with Gasteiger partial charge in [-0.15, -0.1) is 0 Å². The molecule has 0 spiro atoms. The highest BCUT2D eigenvalue weighted by Gasteiger charge is 2.35. The van der Waals surface area contributed by atoms with Gasteiger partial charge in [0, 0.05) is 10.4 Å². The molecule has 0 saturated heterocycles. The molecule has 8 heteroatoms. The van der Waals surface area contributed by atoms with E-state index in [9.17, 15) is 13.2 Å². The van der Waals surface area contributed by atoms with Gasteiger partial charge in [0.25, 0.3) is 10.0 Å². The van der Waals surface area contributed by atoms with Crippen molar-refractivity contribution in [3.63, 3.8) is 0 Å². The van der Waals surface area contributed by atoms with Gasteiger partial charge in [-0.2, -0.15) is 0 Å². The van der Waals surface area contributed by atoms with Crippen LogP contribution in [0.5, 0.6) is 0 Å². The molecule has 0 fully saturated rings. The van der Waals surface area contributed by atoms with E-state index in [4.69, 9.17) is 34.8 Å². The summed E-state index contributed by atoms with van der Waals surface area (Å²) in [5.41, 5.74) is 0.325. The van der Waals surface area contributed by atoms with Gasteiger partial charge in [0.05, 0.1) is 10.7 Å². The SMILES string of the molecule is CC(C(=O)Cl)N(c1cccc2ccccc12)S(=O)(=O)c1cc(Cl)ccc1Cl. The molecule has 0 amide bonds. The lowest BCUT2D eigenvalue weighted by atomic mass is 10.1. The van der Waals surface area contributed by atoms with E-state index in [-0.39, 0.29) is 14.9 Å². The molecule has 0 heterocycles. The molecule has 1 atom stereocenters. The van der Waals surface area contributed by atoms with Crippen LogP contribution in [0.2, 0.25) is 10.0 Å². The first kappa shape index (κ1) is 20.0. The van der Waals surface area contributed by atoms with Crippen molar-refractivity contribution in [2.75, 3.05) is 4.31 Å². The Morgan fingerprint density at radius 2 is 1.67 bits per heavy atom. The molecule has 4 nitrogen and oxygen atoms in total. The molecule has 0 bridgehead atoms. The molecule has 0 N–H and O–H groups in total. The maximum atomic E-state index is 13.5. The summed E-state index contributed by atoms with van der Waals surface area (Å²) in [6, 6.07) is 15.4. The molecule has 1 unspecified atom stereocenters. The van der Waals surface area contributed by atoms with Crippen molar-refractivity contribution in [3.05, 3.63) is 70.7 Å². The average molecular weight is 443 g/mol. The Morgan fingerprint density at radius 3 is 2.37 bits per heavy atom. The Hall–Kier alpha value is -1.79. The lowest BCUT2D eigenvalue weighted by Gasteiger charge is -2.29. The Balaban J connectivity index is 2.32. The molecule has 0 aromatic heterocycles. The van der Waals surface area contributed by atoms with Gasteiger partial charge in [0.2, 0.25) is 5.24 Å². The van der Waals surface area contributed by atoms with Crippen LogP contribution in [0.3, 0.4) is 0 Å². The van der Waals surface area contributed by atoms with E-state index in [1.807, 2.05) is 18.2 Å². The van der Waals surface area contributed by atoms with Crippen molar-refractivity contribution in [2.45, 2.75) is 17.9 Å². The molecule has 0 saturated carbocycles. The minimum absolute atomic E-state index is 0.00106. The molecule has 0 aliphatic carbocycles. The zero-order valence-electron chi connectivity index (χ0n) is 14.1. The number of anilines is 1. The van der Waals surface area contributed by atoms with Crippen molar-refractivity contribution < 1.29 is 13.2 Å².